The van der Waals surface area contributed by atoms with Crippen LogP contribution in [0.1, 0.15) is 18.5 Å². The number of Topliss-reactive ketones (excluding diaryl/α,β-unsaturated/α-hetero) is 1. The number of hydrogen-bond acceptors (Lipinski definition) is 4. The third kappa shape index (κ3) is 2.87. The summed E-state index contributed by atoms with van der Waals surface area (Å²) in [6.07, 6.45) is 0. The van der Waals surface area contributed by atoms with Crippen molar-refractivity contribution in [1.29, 1.82) is 0 Å². The van der Waals surface area contributed by atoms with E-state index >= 15 is 0 Å². The van der Waals surface area contributed by atoms with Crippen molar-refractivity contribution in [1.82, 2.24) is 9.80 Å². The molecule has 0 aliphatic carbocycles. The van der Waals surface area contributed by atoms with Gasteiger partial charge in [-0.2, -0.15) is 0 Å². The van der Waals surface area contributed by atoms with E-state index in [1.807, 2.05) is 19.0 Å². The molecule has 22 heavy (non-hydrogen) atoms. The van der Waals surface area contributed by atoms with Gasteiger partial charge < -0.3 is 14.9 Å². The standard InChI is InChI=1S/C16H19FN2O3/c1-10(20)13-14(11-6-4-5-7-12(11)17)19(9-8-18(2)3)16(22)15(13)21/h4-7,14,21H,8-9H2,1-3H3. The summed E-state index contributed by atoms with van der Waals surface area (Å²) in [7, 11) is 3.69. The molecule has 1 unspecified atom stereocenters. The number of carbonyl (C=O) groups excluding carboxylic acids is 2. The maximum absolute atomic E-state index is 14.1. The lowest BCUT2D eigenvalue weighted by atomic mass is 9.96. The van der Waals surface area contributed by atoms with Crippen molar-refractivity contribution in [3.8, 4) is 0 Å². The van der Waals surface area contributed by atoms with Gasteiger partial charge in [-0.1, -0.05) is 18.2 Å². The van der Waals surface area contributed by atoms with Crippen LogP contribution in [0.5, 0.6) is 0 Å². The average Bonchev–Trinajstić information content (AvgIpc) is 2.69. The number of ketones is 1. The van der Waals surface area contributed by atoms with E-state index in [2.05, 4.69) is 0 Å². The second-order valence-corrected chi connectivity index (χ2v) is 5.54. The number of aliphatic hydroxyl groups excluding tert-OH is 1. The van der Waals surface area contributed by atoms with Crippen molar-refractivity contribution in [2.75, 3.05) is 27.2 Å². The molecule has 0 spiro atoms. The molecular weight excluding hydrogens is 287 g/mol. The average molecular weight is 306 g/mol. The maximum Gasteiger partial charge on any atom is 0.290 e. The van der Waals surface area contributed by atoms with Gasteiger partial charge in [0.25, 0.3) is 5.91 Å². The van der Waals surface area contributed by atoms with Crippen molar-refractivity contribution < 1.29 is 19.1 Å². The number of rotatable bonds is 5. The van der Waals surface area contributed by atoms with Crippen molar-refractivity contribution in [3.05, 3.63) is 47.0 Å². The molecule has 6 heteroatoms. The highest BCUT2D eigenvalue weighted by Crippen LogP contribution is 2.38. The summed E-state index contributed by atoms with van der Waals surface area (Å²) in [6, 6.07) is 5.09. The number of likely N-dealkylation sites (N-methyl/N-ethyl adjacent to an activating group) is 1. The number of amides is 1. The van der Waals surface area contributed by atoms with Crippen LogP contribution in [-0.4, -0.2) is 53.8 Å². The summed E-state index contributed by atoms with van der Waals surface area (Å²) >= 11 is 0. The van der Waals surface area contributed by atoms with Crippen LogP contribution in [0, 0.1) is 5.82 Å². The first-order chi connectivity index (χ1) is 10.3. The Bertz CT molecular complexity index is 640. The van der Waals surface area contributed by atoms with Gasteiger partial charge in [0.15, 0.2) is 11.5 Å². The Kier molecular flexibility index (Phi) is 4.61. The Labute approximate surface area is 128 Å². The van der Waals surface area contributed by atoms with E-state index in [-0.39, 0.29) is 17.7 Å². The zero-order valence-electron chi connectivity index (χ0n) is 12.8. The van der Waals surface area contributed by atoms with Gasteiger partial charge in [-0.15, -0.1) is 0 Å². The predicted molar refractivity (Wildman–Crippen MR) is 79.7 cm³/mol. The Morgan fingerprint density at radius 2 is 2.00 bits per heavy atom. The van der Waals surface area contributed by atoms with Gasteiger partial charge in [0.05, 0.1) is 11.6 Å². The lowest BCUT2D eigenvalue weighted by molar-refractivity contribution is -0.129. The van der Waals surface area contributed by atoms with E-state index in [9.17, 15) is 19.1 Å². The van der Waals surface area contributed by atoms with Crippen molar-refractivity contribution >= 4 is 11.7 Å². The fourth-order valence-corrected chi connectivity index (χ4v) is 2.57. The zero-order chi connectivity index (χ0) is 16.4. The minimum Gasteiger partial charge on any atom is -0.503 e. The molecule has 1 amide bonds. The van der Waals surface area contributed by atoms with Gasteiger partial charge in [0, 0.05) is 18.7 Å². The first-order valence-corrected chi connectivity index (χ1v) is 6.98. The van der Waals surface area contributed by atoms with Crippen LogP contribution in [0.15, 0.2) is 35.6 Å². The van der Waals surface area contributed by atoms with Crippen molar-refractivity contribution in [2.24, 2.45) is 0 Å². The molecule has 0 fully saturated rings. The monoisotopic (exact) mass is 306 g/mol. The molecule has 0 radical (unpaired) electrons. The molecule has 1 aliphatic rings. The van der Waals surface area contributed by atoms with Crippen LogP contribution in [0.2, 0.25) is 0 Å². The number of hydrogen-bond donors (Lipinski definition) is 1. The third-order valence-electron chi connectivity index (χ3n) is 3.67. The van der Waals surface area contributed by atoms with Gasteiger partial charge in [-0.05, 0) is 27.1 Å². The molecule has 1 aromatic rings. The highest BCUT2D eigenvalue weighted by Gasteiger charge is 2.43. The fourth-order valence-electron chi connectivity index (χ4n) is 2.57. The van der Waals surface area contributed by atoms with Gasteiger partial charge in [0.1, 0.15) is 5.82 Å². The van der Waals surface area contributed by atoms with Crippen LogP contribution >= 0.6 is 0 Å². The lowest BCUT2D eigenvalue weighted by Gasteiger charge is -2.28. The van der Waals surface area contributed by atoms with Crippen LogP contribution in [0.4, 0.5) is 4.39 Å². The summed E-state index contributed by atoms with van der Waals surface area (Å²) < 4.78 is 14.1. The number of carbonyl (C=O) groups is 2. The summed E-state index contributed by atoms with van der Waals surface area (Å²) in [6.45, 7) is 2.09. The van der Waals surface area contributed by atoms with Gasteiger partial charge in [0.2, 0.25) is 0 Å². The van der Waals surface area contributed by atoms with E-state index in [0.29, 0.717) is 6.54 Å². The Morgan fingerprint density at radius 3 is 2.55 bits per heavy atom. The van der Waals surface area contributed by atoms with Crippen molar-refractivity contribution in [3.63, 3.8) is 0 Å². The lowest BCUT2D eigenvalue weighted by Crippen LogP contribution is -2.36. The topological polar surface area (TPSA) is 60.9 Å². The molecule has 1 aliphatic heterocycles. The molecule has 5 nitrogen and oxygen atoms in total. The first kappa shape index (κ1) is 16.2. The molecule has 1 heterocycles. The summed E-state index contributed by atoms with van der Waals surface area (Å²) in [5.74, 6) is -2.17. The van der Waals surface area contributed by atoms with Crippen molar-refractivity contribution in [2.45, 2.75) is 13.0 Å². The number of benzene rings is 1. The number of nitrogens with zero attached hydrogens (tertiary/aromatic N) is 2. The zero-order valence-corrected chi connectivity index (χ0v) is 12.8. The predicted octanol–water partition coefficient (Wildman–Crippen LogP) is 1.67. The van der Waals surface area contributed by atoms with Crippen LogP contribution in [-0.2, 0) is 9.59 Å². The third-order valence-corrected chi connectivity index (χ3v) is 3.67. The molecule has 0 saturated heterocycles. The highest BCUT2D eigenvalue weighted by molar-refractivity contribution is 6.08. The summed E-state index contributed by atoms with van der Waals surface area (Å²) in [5.41, 5.74) is 0.165. The van der Waals surface area contributed by atoms with Gasteiger partial charge in [-0.3, -0.25) is 9.59 Å². The normalized spacial score (nSPS) is 18.5. The molecular formula is C16H19FN2O3. The second kappa shape index (κ2) is 6.27. The molecule has 2 rings (SSSR count). The molecule has 1 N–H and O–H groups in total. The smallest absolute Gasteiger partial charge is 0.290 e. The number of halogens is 1. The van der Waals surface area contributed by atoms with Gasteiger partial charge in [-0.25, -0.2) is 4.39 Å². The molecule has 118 valence electrons. The van der Waals surface area contributed by atoms with E-state index in [1.54, 1.807) is 6.07 Å². The Balaban J connectivity index is 2.48. The van der Waals surface area contributed by atoms with Crippen LogP contribution in [0.3, 0.4) is 0 Å². The molecule has 1 atom stereocenters. The van der Waals surface area contributed by atoms with Gasteiger partial charge >= 0.3 is 0 Å². The van der Waals surface area contributed by atoms with E-state index in [0.717, 1.165) is 0 Å². The quantitative estimate of drug-likeness (QED) is 0.899. The Morgan fingerprint density at radius 1 is 1.36 bits per heavy atom. The minimum absolute atomic E-state index is 0.0474. The summed E-state index contributed by atoms with van der Waals surface area (Å²) in [5, 5.41) is 10.0. The first-order valence-electron chi connectivity index (χ1n) is 6.98. The SMILES string of the molecule is CC(=O)C1=C(O)C(=O)N(CCN(C)C)C1c1ccccc1F. The molecule has 0 aromatic heterocycles. The summed E-state index contributed by atoms with van der Waals surface area (Å²) in [4.78, 5) is 27.3. The fraction of sp³-hybridized carbons (Fsp3) is 0.375. The van der Waals surface area contributed by atoms with Crippen LogP contribution < -0.4 is 0 Å². The van der Waals surface area contributed by atoms with E-state index < -0.39 is 29.3 Å². The molecule has 0 bridgehead atoms. The molecule has 0 saturated carbocycles. The molecule has 1 aromatic carbocycles. The van der Waals surface area contributed by atoms with E-state index in [4.69, 9.17) is 0 Å². The highest BCUT2D eigenvalue weighted by atomic mass is 19.1. The maximum atomic E-state index is 14.1. The largest absolute Gasteiger partial charge is 0.503 e. The second-order valence-electron chi connectivity index (χ2n) is 5.54. The van der Waals surface area contributed by atoms with E-state index in [1.165, 1.54) is 30.0 Å². The number of aliphatic hydroxyl groups is 1. The minimum atomic E-state index is -0.883. The van der Waals surface area contributed by atoms with Crippen LogP contribution in [0.25, 0.3) is 0 Å². The Hall–Kier alpha value is -2.21.